The predicted molar refractivity (Wildman–Crippen MR) is 68.5 cm³/mol. The number of nitrogens with zero attached hydrogens (tertiary/aromatic N) is 1. The molecule has 94 valence electrons. The minimum Gasteiger partial charge on any atom is -0.316 e. The number of halogens is 1. The minimum atomic E-state index is -0.115. The number of hydrogen-bond acceptors (Lipinski definition) is 2. The molecule has 3 heteroatoms. The Labute approximate surface area is 103 Å². The molecule has 1 aliphatic heterocycles. The van der Waals surface area contributed by atoms with Crippen molar-refractivity contribution in [2.75, 3.05) is 27.2 Å². The summed E-state index contributed by atoms with van der Waals surface area (Å²) in [7, 11) is 4.20. The van der Waals surface area contributed by atoms with E-state index in [1.807, 2.05) is 19.1 Å². The second kappa shape index (κ2) is 5.15. The summed E-state index contributed by atoms with van der Waals surface area (Å²) in [5, 5.41) is 3.40. The third kappa shape index (κ3) is 2.67. The van der Waals surface area contributed by atoms with E-state index >= 15 is 0 Å². The maximum absolute atomic E-state index is 13.3. The van der Waals surface area contributed by atoms with Gasteiger partial charge in [-0.1, -0.05) is 12.1 Å². The molecular weight excluding hydrogens is 215 g/mol. The van der Waals surface area contributed by atoms with Gasteiger partial charge in [-0.2, -0.15) is 0 Å². The van der Waals surface area contributed by atoms with E-state index in [1.165, 1.54) is 12.0 Å². The lowest BCUT2D eigenvalue weighted by atomic mass is 9.90. The first-order valence-electron chi connectivity index (χ1n) is 6.23. The smallest absolute Gasteiger partial charge is 0.126 e. The Hall–Kier alpha value is -0.930. The molecule has 1 heterocycles. The molecule has 1 aromatic carbocycles. The van der Waals surface area contributed by atoms with Crippen LogP contribution in [0.25, 0.3) is 0 Å². The Morgan fingerprint density at radius 1 is 1.41 bits per heavy atom. The Morgan fingerprint density at radius 3 is 2.71 bits per heavy atom. The van der Waals surface area contributed by atoms with Gasteiger partial charge >= 0.3 is 0 Å². The van der Waals surface area contributed by atoms with Crippen molar-refractivity contribution in [1.82, 2.24) is 10.2 Å². The summed E-state index contributed by atoms with van der Waals surface area (Å²) in [6, 6.07) is 5.87. The van der Waals surface area contributed by atoms with E-state index in [-0.39, 0.29) is 5.82 Å². The molecule has 1 aliphatic rings. The molecule has 0 bridgehead atoms. The molecule has 2 atom stereocenters. The van der Waals surface area contributed by atoms with Crippen molar-refractivity contribution in [3.05, 3.63) is 35.1 Å². The normalized spacial score (nSPS) is 22.1. The van der Waals surface area contributed by atoms with Gasteiger partial charge in [0, 0.05) is 6.04 Å². The summed E-state index contributed by atoms with van der Waals surface area (Å²) in [6.45, 7) is 3.98. The minimum absolute atomic E-state index is 0.115. The van der Waals surface area contributed by atoms with Gasteiger partial charge in [0.15, 0.2) is 0 Å². The maximum Gasteiger partial charge on any atom is 0.126 e. The van der Waals surface area contributed by atoms with Crippen LogP contribution in [0.4, 0.5) is 4.39 Å². The van der Waals surface area contributed by atoms with Crippen LogP contribution in [0.5, 0.6) is 0 Å². The van der Waals surface area contributed by atoms with Gasteiger partial charge < -0.3 is 10.2 Å². The fraction of sp³-hybridized carbons (Fsp3) is 0.571. The molecule has 0 aromatic heterocycles. The average Bonchev–Trinajstić information content (AvgIpc) is 2.76. The Balaban J connectivity index is 2.28. The molecule has 1 fully saturated rings. The van der Waals surface area contributed by atoms with Gasteiger partial charge in [0.25, 0.3) is 0 Å². The number of hydrogen-bond donors (Lipinski definition) is 1. The lowest BCUT2D eigenvalue weighted by molar-refractivity contribution is 0.223. The number of rotatable bonds is 3. The van der Waals surface area contributed by atoms with Crippen LogP contribution < -0.4 is 5.32 Å². The highest BCUT2D eigenvalue weighted by atomic mass is 19.1. The molecule has 2 unspecified atom stereocenters. The van der Waals surface area contributed by atoms with Gasteiger partial charge in [0.05, 0.1) is 0 Å². The third-order valence-electron chi connectivity index (χ3n) is 3.62. The maximum atomic E-state index is 13.3. The van der Waals surface area contributed by atoms with Gasteiger partial charge in [-0.05, 0) is 63.6 Å². The fourth-order valence-corrected chi connectivity index (χ4v) is 2.79. The van der Waals surface area contributed by atoms with Crippen molar-refractivity contribution < 1.29 is 4.39 Å². The summed E-state index contributed by atoms with van der Waals surface area (Å²) < 4.78 is 13.3. The standard InChI is InChI=1S/C14H21FN2/c1-10-8-11(4-5-13(10)15)14(17(2)3)12-6-7-16-9-12/h4-5,8,12,14,16H,6-7,9H2,1-3H3. The monoisotopic (exact) mass is 236 g/mol. The highest BCUT2D eigenvalue weighted by Crippen LogP contribution is 2.31. The van der Waals surface area contributed by atoms with Crippen LogP contribution in [0.15, 0.2) is 18.2 Å². The summed E-state index contributed by atoms with van der Waals surface area (Å²) in [6.07, 6.45) is 1.19. The number of aryl methyl sites for hydroxylation is 1. The van der Waals surface area contributed by atoms with Crippen molar-refractivity contribution in [2.24, 2.45) is 5.92 Å². The lowest BCUT2D eigenvalue weighted by Gasteiger charge is -2.30. The van der Waals surface area contributed by atoms with Crippen molar-refractivity contribution in [3.63, 3.8) is 0 Å². The Kier molecular flexibility index (Phi) is 3.79. The quantitative estimate of drug-likeness (QED) is 0.866. The fourth-order valence-electron chi connectivity index (χ4n) is 2.79. The van der Waals surface area contributed by atoms with Crippen molar-refractivity contribution >= 4 is 0 Å². The van der Waals surface area contributed by atoms with E-state index in [2.05, 4.69) is 24.3 Å². The Morgan fingerprint density at radius 2 is 2.18 bits per heavy atom. The molecular formula is C14H21FN2. The van der Waals surface area contributed by atoms with E-state index < -0.39 is 0 Å². The van der Waals surface area contributed by atoms with Gasteiger partial charge in [-0.25, -0.2) is 4.39 Å². The van der Waals surface area contributed by atoms with Crippen LogP contribution in [-0.4, -0.2) is 32.1 Å². The summed E-state index contributed by atoms with van der Waals surface area (Å²) in [5.74, 6) is 0.505. The van der Waals surface area contributed by atoms with Crippen LogP contribution in [0, 0.1) is 18.7 Å². The second-order valence-electron chi connectivity index (χ2n) is 5.17. The predicted octanol–water partition coefficient (Wildman–Crippen LogP) is 2.35. The molecule has 1 N–H and O–H groups in total. The third-order valence-corrected chi connectivity index (χ3v) is 3.62. The highest BCUT2D eigenvalue weighted by Gasteiger charge is 2.27. The van der Waals surface area contributed by atoms with Crippen LogP contribution in [0.2, 0.25) is 0 Å². The molecule has 0 amide bonds. The largest absolute Gasteiger partial charge is 0.316 e. The molecule has 0 aliphatic carbocycles. The Bertz CT molecular complexity index is 384. The SMILES string of the molecule is Cc1cc(C(C2CCNC2)N(C)C)ccc1F. The van der Waals surface area contributed by atoms with E-state index in [0.717, 1.165) is 18.7 Å². The molecule has 2 rings (SSSR count). The summed E-state index contributed by atoms with van der Waals surface area (Å²) >= 11 is 0. The lowest BCUT2D eigenvalue weighted by Crippen LogP contribution is -2.29. The zero-order valence-electron chi connectivity index (χ0n) is 10.8. The molecule has 1 aromatic rings. The highest BCUT2D eigenvalue weighted by molar-refractivity contribution is 5.27. The first-order valence-corrected chi connectivity index (χ1v) is 6.23. The molecule has 0 saturated carbocycles. The van der Waals surface area contributed by atoms with Crippen molar-refractivity contribution in [1.29, 1.82) is 0 Å². The van der Waals surface area contributed by atoms with Crippen molar-refractivity contribution in [2.45, 2.75) is 19.4 Å². The summed E-state index contributed by atoms with van der Waals surface area (Å²) in [4.78, 5) is 2.24. The van der Waals surface area contributed by atoms with Gasteiger partial charge in [-0.15, -0.1) is 0 Å². The molecule has 0 spiro atoms. The molecule has 1 saturated heterocycles. The van der Waals surface area contributed by atoms with Crippen molar-refractivity contribution in [3.8, 4) is 0 Å². The first kappa shape index (κ1) is 12.5. The van der Waals surface area contributed by atoms with E-state index in [1.54, 1.807) is 6.07 Å². The van der Waals surface area contributed by atoms with Crippen LogP contribution in [-0.2, 0) is 0 Å². The number of benzene rings is 1. The molecule has 0 radical (unpaired) electrons. The van der Waals surface area contributed by atoms with Gasteiger partial charge in [0.2, 0.25) is 0 Å². The molecule has 2 nitrogen and oxygen atoms in total. The van der Waals surface area contributed by atoms with Crippen LogP contribution in [0.1, 0.15) is 23.6 Å². The van der Waals surface area contributed by atoms with E-state index in [9.17, 15) is 4.39 Å². The summed E-state index contributed by atoms with van der Waals surface area (Å²) in [5.41, 5.74) is 1.96. The molecule has 17 heavy (non-hydrogen) atoms. The van der Waals surface area contributed by atoms with E-state index in [4.69, 9.17) is 0 Å². The van der Waals surface area contributed by atoms with Gasteiger partial charge in [-0.3, -0.25) is 0 Å². The topological polar surface area (TPSA) is 15.3 Å². The zero-order chi connectivity index (χ0) is 12.4. The number of nitrogens with one attached hydrogen (secondary N) is 1. The van der Waals surface area contributed by atoms with Crippen LogP contribution in [0.3, 0.4) is 0 Å². The van der Waals surface area contributed by atoms with E-state index in [0.29, 0.717) is 12.0 Å². The average molecular weight is 236 g/mol. The van der Waals surface area contributed by atoms with Gasteiger partial charge in [0.1, 0.15) is 5.82 Å². The first-order chi connectivity index (χ1) is 8.09. The second-order valence-corrected chi connectivity index (χ2v) is 5.17. The van der Waals surface area contributed by atoms with Crippen LogP contribution >= 0.6 is 0 Å². The zero-order valence-corrected chi connectivity index (χ0v) is 10.8.